The number of amides is 2. The number of hydrogen-bond donors (Lipinski definition) is 2. The van der Waals surface area contributed by atoms with Gasteiger partial charge in [0.05, 0.1) is 0 Å². The van der Waals surface area contributed by atoms with E-state index in [1.165, 1.54) is 5.56 Å². The van der Waals surface area contributed by atoms with E-state index >= 15 is 0 Å². The predicted octanol–water partition coefficient (Wildman–Crippen LogP) is 3.40. The number of rotatable bonds is 5. The van der Waals surface area contributed by atoms with Gasteiger partial charge in [-0.05, 0) is 43.5 Å². The average Bonchev–Trinajstić information content (AvgIpc) is 2.58. The molecule has 24 heavy (non-hydrogen) atoms. The lowest BCUT2D eigenvalue weighted by molar-refractivity contribution is -0.136. The van der Waals surface area contributed by atoms with E-state index < -0.39 is 11.8 Å². The van der Waals surface area contributed by atoms with Gasteiger partial charge < -0.3 is 5.32 Å². The first-order valence-electron chi connectivity index (χ1n) is 7.48. The van der Waals surface area contributed by atoms with E-state index in [-0.39, 0.29) is 0 Å². The third-order valence-corrected chi connectivity index (χ3v) is 3.49. The summed E-state index contributed by atoms with van der Waals surface area (Å²) in [5, 5.41) is 6.88. The van der Waals surface area contributed by atoms with Crippen LogP contribution in [-0.2, 0) is 16.0 Å². The first-order chi connectivity index (χ1) is 11.5. The molecule has 5 nitrogen and oxygen atoms in total. The molecule has 0 saturated carbocycles. The van der Waals surface area contributed by atoms with Crippen molar-refractivity contribution in [1.29, 1.82) is 0 Å². The SMILES string of the molecule is C/C(CCc1ccccc1)=N/NC(=O)C(=O)Nc1cccc(Cl)c1. The van der Waals surface area contributed by atoms with Crippen LogP contribution >= 0.6 is 11.6 Å². The molecule has 0 unspecified atom stereocenters. The van der Waals surface area contributed by atoms with Crippen molar-refractivity contribution < 1.29 is 9.59 Å². The number of nitrogens with zero attached hydrogens (tertiary/aromatic N) is 1. The van der Waals surface area contributed by atoms with Gasteiger partial charge in [0.2, 0.25) is 0 Å². The van der Waals surface area contributed by atoms with Gasteiger partial charge in [-0.25, -0.2) is 5.43 Å². The molecule has 0 atom stereocenters. The molecule has 2 amide bonds. The lowest BCUT2D eigenvalue weighted by atomic mass is 10.1. The normalized spacial score (nSPS) is 11.0. The van der Waals surface area contributed by atoms with Crippen LogP contribution in [0.4, 0.5) is 5.69 Å². The highest BCUT2D eigenvalue weighted by Gasteiger charge is 2.13. The number of carbonyl (C=O) groups is 2. The molecule has 2 aromatic carbocycles. The summed E-state index contributed by atoms with van der Waals surface area (Å²) in [5.74, 6) is -1.62. The molecule has 0 saturated heterocycles. The molecule has 2 rings (SSSR count). The quantitative estimate of drug-likeness (QED) is 0.496. The van der Waals surface area contributed by atoms with E-state index in [1.807, 2.05) is 30.3 Å². The van der Waals surface area contributed by atoms with Crippen LogP contribution in [0.15, 0.2) is 59.7 Å². The highest BCUT2D eigenvalue weighted by molar-refractivity contribution is 6.39. The Balaban J connectivity index is 1.81. The predicted molar refractivity (Wildman–Crippen MR) is 96.1 cm³/mol. The minimum absolute atomic E-state index is 0.451. The summed E-state index contributed by atoms with van der Waals surface area (Å²) in [6.45, 7) is 1.80. The van der Waals surface area contributed by atoms with E-state index in [2.05, 4.69) is 15.8 Å². The molecule has 0 fully saturated rings. The average molecular weight is 344 g/mol. The summed E-state index contributed by atoms with van der Waals surface area (Å²) < 4.78 is 0. The summed E-state index contributed by atoms with van der Waals surface area (Å²) in [5.41, 5.74) is 4.64. The van der Waals surface area contributed by atoms with Crippen LogP contribution in [0.25, 0.3) is 0 Å². The zero-order valence-corrected chi connectivity index (χ0v) is 14.0. The van der Waals surface area contributed by atoms with Gasteiger partial charge in [-0.2, -0.15) is 5.10 Å². The minimum Gasteiger partial charge on any atom is -0.318 e. The Bertz CT molecular complexity index is 745. The van der Waals surface area contributed by atoms with Crippen LogP contribution in [0.5, 0.6) is 0 Å². The van der Waals surface area contributed by atoms with Gasteiger partial charge in [-0.1, -0.05) is 48.0 Å². The molecule has 0 heterocycles. The molecule has 0 radical (unpaired) electrons. The van der Waals surface area contributed by atoms with Gasteiger partial charge in [0, 0.05) is 16.4 Å². The third-order valence-electron chi connectivity index (χ3n) is 3.26. The van der Waals surface area contributed by atoms with Crippen LogP contribution in [0.2, 0.25) is 5.02 Å². The molecule has 2 N–H and O–H groups in total. The molecule has 0 aliphatic heterocycles. The molecule has 0 aliphatic carbocycles. The summed E-state index contributed by atoms with van der Waals surface area (Å²) in [4.78, 5) is 23.5. The number of carbonyl (C=O) groups excluding carboxylic acids is 2. The zero-order chi connectivity index (χ0) is 17.4. The first-order valence-corrected chi connectivity index (χ1v) is 7.86. The molecule has 0 aliphatic rings. The van der Waals surface area contributed by atoms with E-state index in [4.69, 9.17) is 11.6 Å². The van der Waals surface area contributed by atoms with Crippen LogP contribution < -0.4 is 10.7 Å². The van der Waals surface area contributed by atoms with Crippen LogP contribution in [-0.4, -0.2) is 17.5 Å². The maximum absolute atomic E-state index is 11.8. The molecule has 124 valence electrons. The number of nitrogens with one attached hydrogen (secondary N) is 2. The molecule has 6 heteroatoms. The van der Waals surface area contributed by atoms with Gasteiger partial charge in [-0.3, -0.25) is 9.59 Å². The Hall–Kier alpha value is -2.66. The molecule has 2 aromatic rings. The van der Waals surface area contributed by atoms with Crippen molar-refractivity contribution in [3.05, 3.63) is 65.2 Å². The van der Waals surface area contributed by atoms with E-state index in [1.54, 1.807) is 31.2 Å². The van der Waals surface area contributed by atoms with Gasteiger partial charge in [0.25, 0.3) is 0 Å². The van der Waals surface area contributed by atoms with Crippen molar-refractivity contribution in [3.63, 3.8) is 0 Å². The number of benzene rings is 2. The second-order valence-corrected chi connectivity index (χ2v) is 5.67. The fourth-order valence-corrected chi connectivity index (χ4v) is 2.17. The Labute approximate surface area is 145 Å². The van der Waals surface area contributed by atoms with Crippen LogP contribution in [0, 0.1) is 0 Å². The number of anilines is 1. The summed E-state index contributed by atoms with van der Waals surface area (Å²) >= 11 is 5.82. The molecular formula is C18H18ClN3O2. The molecule has 0 aromatic heterocycles. The highest BCUT2D eigenvalue weighted by atomic mass is 35.5. The van der Waals surface area contributed by atoms with Crippen LogP contribution in [0.3, 0.4) is 0 Å². The van der Waals surface area contributed by atoms with Gasteiger partial charge in [-0.15, -0.1) is 0 Å². The Morgan fingerprint density at radius 2 is 1.79 bits per heavy atom. The Morgan fingerprint density at radius 1 is 1.04 bits per heavy atom. The number of hydrogen-bond acceptors (Lipinski definition) is 3. The molecule has 0 spiro atoms. The zero-order valence-electron chi connectivity index (χ0n) is 13.3. The molecule has 0 bridgehead atoms. The fraction of sp³-hybridized carbons (Fsp3) is 0.167. The maximum atomic E-state index is 11.8. The number of halogens is 1. The second-order valence-electron chi connectivity index (χ2n) is 5.24. The molecular weight excluding hydrogens is 326 g/mol. The van der Waals surface area contributed by atoms with Gasteiger partial charge >= 0.3 is 11.8 Å². The lowest BCUT2D eigenvalue weighted by Crippen LogP contribution is -2.32. The third kappa shape index (κ3) is 5.85. The van der Waals surface area contributed by atoms with E-state index in [9.17, 15) is 9.59 Å². The number of aryl methyl sites for hydroxylation is 1. The summed E-state index contributed by atoms with van der Waals surface area (Å²) in [6, 6.07) is 16.5. The smallest absolute Gasteiger partial charge is 0.318 e. The van der Waals surface area contributed by atoms with Crippen molar-refractivity contribution in [2.45, 2.75) is 19.8 Å². The summed E-state index contributed by atoms with van der Waals surface area (Å²) in [6.07, 6.45) is 1.51. The standard InChI is InChI=1S/C18H18ClN3O2/c1-13(10-11-14-6-3-2-4-7-14)21-22-18(24)17(23)20-16-9-5-8-15(19)12-16/h2-9,12H,10-11H2,1H3,(H,20,23)(H,22,24)/b21-13-. The van der Waals surface area contributed by atoms with Gasteiger partial charge in [0.1, 0.15) is 0 Å². The van der Waals surface area contributed by atoms with E-state index in [0.717, 1.165) is 12.1 Å². The van der Waals surface area contributed by atoms with Crippen LogP contribution in [0.1, 0.15) is 18.9 Å². The number of hydrazone groups is 1. The fourth-order valence-electron chi connectivity index (χ4n) is 1.98. The monoisotopic (exact) mass is 343 g/mol. The van der Waals surface area contributed by atoms with Crippen molar-refractivity contribution in [3.8, 4) is 0 Å². The van der Waals surface area contributed by atoms with Crippen molar-refractivity contribution >= 4 is 34.8 Å². The Kier molecular flexibility index (Phi) is 6.51. The second kappa shape index (κ2) is 8.84. The minimum atomic E-state index is -0.825. The van der Waals surface area contributed by atoms with Crippen molar-refractivity contribution in [2.75, 3.05) is 5.32 Å². The van der Waals surface area contributed by atoms with Crippen molar-refractivity contribution in [1.82, 2.24) is 5.43 Å². The van der Waals surface area contributed by atoms with E-state index in [0.29, 0.717) is 17.1 Å². The highest BCUT2D eigenvalue weighted by Crippen LogP contribution is 2.14. The summed E-state index contributed by atoms with van der Waals surface area (Å²) in [7, 11) is 0. The topological polar surface area (TPSA) is 70.6 Å². The van der Waals surface area contributed by atoms with Gasteiger partial charge in [0.15, 0.2) is 0 Å². The largest absolute Gasteiger partial charge is 0.329 e. The lowest BCUT2D eigenvalue weighted by Gasteiger charge is -2.05. The maximum Gasteiger partial charge on any atom is 0.329 e. The van der Waals surface area contributed by atoms with Crippen molar-refractivity contribution in [2.24, 2.45) is 5.10 Å². The first kappa shape index (κ1) is 17.7. The Morgan fingerprint density at radius 3 is 2.50 bits per heavy atom.